The number of benzene rings is 2. The number of hydrogen-bond donors (Lipinski definition) is 5. The fourth-order valence-electron chi connectivity index (χ4n) is 3.93. The average molecular weight is 562 g/mol. The van der Waals surface area contributed by atoms with Crippen LogP contribution in [0, 0.1) is 0 Å². The molecule has 1 aliphatic rings. The van der Waals surface area contributed by atoms with Gasteiger partial charge in [-0.2, -0.15) is 13.9 Å². The van der Waals surface area contributed by atoms with Gasteiger partial charge in [-0.1, -0.05) is 12.1 Å². The predicted octanol–water partition coefficient (Wildman–Crippen LogP) is 2.02. The van der Waals surface area contributed by atoms with E-state index in [4.69, 9.17) is 0 Å². The molecule has 0 bridgehead atoms. The van der Waals surface area contributed by atoms with Crippen LogP contribution in [0.2, 0.25) is 0 Å². The Labute approximate surface area is 225 Å². The molecule has 2 atom stereocenters. The molecule has 0 saturated carbocycles. The van der Waals surface area contributed by atoms with E-state index in [0.29, 0.717) is 28.1 Å². The average Bonchev–Trinajstić information content (AvgIpc) is 3.41. The van der Waals surface area contributed by atoms with Gasteiger partial charge in [0.25, 0.3) is 5.91 Å². The van der Waals surface area contributed by atoms with Gasteiger partial charge in [-0.05, 0) is 29.8 Å². The first-order valence-corrected chi connectivity index (χ1v) is 12.1. The maximum Gasteiger partial charge on any atom is 0.387 e. The number of nitrogens with zero attached hydrogens (tertiary/aromatic N) is 2. The molecule has 2 aromatic carbocycles. The standard InChI is InChI=1S/C25H26F3N7O5/c1-39-22(37)8-18(13-3-2-4-16(5-13)40-24(27)28)33-21(36)12-29-23(38)14-6-19(17-11-32-35-20(17)7-14)34-25-30-9-15(26)10-31-25/h2-7,11,15,18,24H,8-10,12H2,1H3,(H,29,38)(H,32,35)(H,33,36)(H2,30,31,34)/t18-/m0/s1. The number of anilines is 1. The molecule has 0 spiro atoms. The summed E-state index contributed by atoms with van der Waals surface area (Å²) in [6.45, 7) is -3.42. The van der Waals surface area contributed by atoms with E-state index in [1.807, 2.05) is 0 Å². The van der Waals surface area contributed by atoms with Gasteiger partial charge < -0.3 is 30.7 Å². The summed E-state index contributed by atoms with van der Waals surface area (Å²) >= 11 is 0. The Morgan fingerprint density at radius 3 is 2.75 bits per heavy atom. The van der Waals surface area contributed by atoms with Crippen molar-refractivity contribution in [1.29, 1.82) is 0 Å². The van der Waals surface area contributed by atoms with Crippen molar-refractivity contribution in [1.82, 2.24) is 26.1 Å². The maximum absolute atomic E-state index is 13.4. The van der Waals surface area contributed by atoms with Crippen LogP contribution in [0.15, 0.2) is 47.6 Å². The number of methoxy groups -OCH3 is 1. The second kappa shape index (κ2) is 12.8. The highest BCUT2D eigenvalue weighted by Gasteiger charge is 2.21. The molecule has 0 saturated heterocycles. The largest absolute Gasteiger partial charge is 0.469 e. The Balaban J connectivity index is 1.44. The predicted molar refractivity (Wildman–Crippen MR) is 138 cm³/mol. The van der Waals surface area contributed by atoms with Crippen LogP contribution in [-0.2, 0) is 14.3 Å². The molecule has 4 rings (SSSR count). The lowest BCUT2D eigenvalue weighted by Gasteiger charge is -2.20. The molecule has 0 fully saturated rings. The Morgan fingerprint density at radius 1 is 1.20 bits per heavy atom. The van der Waals surface area contributed by atoms with Gasteiger partial charge in [-0.25, -0.2) is 9.38 Å². The van der Waals surface area contributed by atoms with Crippen LogP contribution >= 0.6 is 0 Å². The molecule has 212 valence electrons. The number of ether oxygens (including phenoxy) is 2. The Bertz CT molecular complexity index is 1410. The molecular formula is C25H26F3N7O5. The maximum atomic E-state index is 13.4. The van der Waals surface area contributed by atoms with Crippen molar-refractivity contribution in [2.45, 2.75) is 25.2 Å². The van der Waals surface area contributed by atoms with Gasteiger partial charge in [-0.15, -0.1) is 0 Å². The van der Waals surface area contributed by atoms with E-state index < -0.39 is 43.2 Å². The summed E-state index contributed by atoms with van der Waals surface area (Å²) in [6, 6.07) is 7.68. The molecule has 2 heterocycles. The first kappa shape index (κ1) is 28.2. The van der Waals surface area contributed by atoms with Crippen molar-refractivity contribution in [3.63, 3.8) is 0 Å². The Morgan fingerprint density at radius 2 is 2.02 bits per heavy atom. The van der Waals surface area contributed by atoms with Crippen LogP contribution in [-0.4, -0.2) is 73.5 Å². The molecular weight excluding hydrogens is 535 g/mol. The molecule has 5 N–H and O–H groups in total. The first-order chi connectivity index (χ1) is 19.2. The molecule has 1 aromatic heterocycles. The summed E-state index contributed by atoms with van der Waals surface area (Å²) in [6.07, 6.45) is 0.169. The number of halogens is 3. The number of carbonyl (C=O) groups is 3. The van der Waals surface area contributed by atoms with E-state index >= 15 is 0 Å². The van der Waals surface area contributed by atoms with Gasteiger partial charge in [0, 0.05) is 10.9 Å². The third-order valence-corrected chi connectivity index (χ3v) is 5.84. The third-order valence-electron chi connectivity index (χ3n) is 5.84. The highest BCUT2D eigenvalue weighted by Crippen LogP contribution is 2.25. The number of aromatic nitrogens is 2. The van der Waals surface area contributed by atoms with Crippen molar-refractivity contribution in [2.75, 3.05) is 32.1 Å². The van der Waals surface area contributed by atoms with Crippen molar-refractivity contribution in [2.24, 2.45) is 4.99 Å². The highest BCUT2D eigenvalue weighted by molar-refractivity contribution is 6.07. The summed E-state index contributed by atoms with van der Waals surface area (Å²) in [7, 11) is 1.17. The summed E-state index contributed by atoms with van der Waals surface area (Å²) in [5, 5.41) is 18.4. The minimum absolute atomic E-state index is 0.000336. The molecule has 15 heteroatoms. The van der Waals surface area contributed by atoms with E-state index in [0.717, 1.165) is 0 Å². The number of amides is 2. The van der Waals surface area contributed by atoms with E-state index in [-0.39, 0.29) is 30.8 Å². The lowest BCUT2D eigenvalue weighted by molar-refractivity contribution is -0.141. The third kappa shape index (κ3) is 7.39. The Hall–Kier alpha value is -4.82. The van der Waals surface area contributed by atoms with Crippen molar-refractivity contribution >= 4 is 40.3 Å². The van der Waals surface area contributed by atoms with Crippen LogP contribution in [0.3, 0.4) is 0 Å². The summed E-state index contributed by atoms with van der Waals surface area (Å²) in [5.74, 6) is -1.70. The molecule has 1 unspecified atom stereocenters. The van der Waals surface area contributed by atoms with Gasteiger partial charge >= 0.3 is 12.6 Å². The molecule has 1 aliphatic heterocycles. The number of alkyl halides is 3. The van der Waals surface area contributed by atoms with Gasteiger partial charge in [0.2, 0.25) is 5.91 Å². The number of H-pyrrole nitrogens is 1. The number of rotatable bonds is 10. The molecule has 40 heavy (non-hydrogen) atoms. The van der Waals surface area contributed by atoms with E-state index in [1.165, 1.54) is 37.4 Å². The van der Waals surface area contributed by atoms with Crippen LogP contribution in [0.25, 0.3) is 10.9 Å². The normalized spacial score (nSPS) is 15.5. The minimum Gasteiger partial charge on any atom is -0.469 e. The first-order valence-electron chi connectivity index (χ1n) is 12.1. The molecule has 12 nitrogen and oxygen atoms in total. The SMILES string of the molecule is COC(=O)C[C@H](NC(=O)CNC(=O)c1cc(NC2=NCC(F)CN2)c2cn[nH]c2c1)c1cccc(OC(F)F)c1. The van der Waals surface area contributed by atoms with Crippen LogP contribution in [0.4, 0.5) is 18.9 Å². The second-order valence-electron chi connectivity index (χ2n) is 8.68. The van der Waals surface area contributed by atoms with E-state index in [9.17, 15) is 27.6 Å². The van der Waals surface area contributed by atoms with Gasteiger partial charge in [-0.3, -0.25) is 19.5 Å². The summed E-state index contributed by atoms with van der Waals surface area (Å²) < 4.78 is 47.7. The summed E-state index contributed by atoms with van der Waals surface area (Å²) in [4.78, 5) is 41.6. The van der Waals surface area contributed by atoms with Crippen molar-refractivity contribution in [3.8, 4) is 5.75 Å². The molecule has 3 aromatic rings. The summed E-state index contributed by atoms with van der Waals surface area (Å²) in [5.41, 5.74) is 1.52. The lowest BCUT2D eigenvalue weighted by Crippen LogP contribution is -2.41. The van der Waals surface area contributed by atoms with E-state index in [2.05, 4.69) is 45.9 Å². The van der Waals surface area contributed by atoms with Gasteiger partial charge in [0.1, 0.15) is 11.9 Å². The number of guanidine groups is 1. The fraction of sp³-hybridized carbons (Fsp3) is 0.320. The lowest BCUT2D eigenvalue weighted by atomic mass is 10.0. The zero-order valence-electron chi connectivity index (χ0n) is 21.2. The number of aromatic amines is 1. The van der Waals surface area contributed by atoms with Crippen LogP contribution in [0.1, 0.15) is 28.4 Å². The number of esters is 1. The quantitative estimate of drug-likeness (QED) is 0.235. The fourth-order valence-corrected chi connectivity index (χ4v) is 3.93. The number of carbonyl (C=O) groups excluding carboxylic acids is 3. The zero-order chi connectivity index (χ0) is 28.6. The van der Waals surface area contributed by atoms with Gasteiger partial charge in [0.05, 0.1) is 56.6 Å². The van der Waals surface area contributed by atoms with E-state index in [1.54, 1.807) is 12.3 Å². The van der Waals surface area contributed by atoms with Crippen LogP contribution in [0.5, 0.6) is 5.75 Å². The molecule has 0 radical (unpaired) electrons. The number of fused-ring (bicyclic) bond motifs is 1. The molecule has 2 amide bonds. The monoisotopic (exact) mass is 561 g/mol. The highest BCUT2D eigenvalue weighted by atomic mass is 19.3. The number of nitrogens with one attached hydrogen (secondary N) is 5. The number of hydrogen-bond acceptors (Lipinski definition) is 9. The van der Waals surface area contributed by atoms with Crippen molar-refractivity contribution < 1.29 is 37.0 Å². The zero-order valence-corrected chi connectivity index (χ0v) is 21.2. The molecule has 0 aliphatic carbocycles. The van der Waals surface area contributed by atoms with Crippen molar-refractivity contribution in [3.05, 3.63) is 53.7 Å². The smallest absolute Gasteiger partial charge is 0.387 e. The number of aliphatic imine (C=N–C) groups is 1. The topological polar surface area (TPSA) is 159 Å². The van der Waals surface area contributed by atoms with Gasteiger partial charge in [0.15, 0.2) is 5.96 Å². The van der Waals surface area contributed by atoms with Crippen LogP contribution < -0.4 is 26.0 Å². The Kier molecular flexibility index (Phi) is 9.04. The second-order valence-corrected chi connectivity index (χ2v) is 8.68. The minimum atomic E-state index is -3.05.